The summed E-state index contributed by atoms with van der Waals surface area (Å²) in [4.78, 5) is 11.5. The molecule has 1 aromatic rings. The van der Waals surface area contributed by atoms with Crippen molar-refractivity contribution in [2.75, 3.05) is 13.7 Å². The number of esters is 1. The molecule has 2 N–H and O–H groups in total. The number of rotatable bonds is 3. The normalized spacial score (nSPS) is 29.7. The first-order chi connectivity index (χ1) is 10.1. The van der Waals surface area contributed by atoms with Crippen molar-refractivity contribution in [1.29, 1.82) is 0 Å². The predicted octanol–water partition coefficient (Wildman–Crippen LogP) is 2.43. The number of benzene rings is 1. The Kier molecular flexibility index (Phi) is 4.00. The number of methoxy groups -OCH3 is 1. The monoisotopic (exact) mass is 289 g/mol. The SMILES string of the molecule is COC(=O)c1ccc([C@@H]2CC(O)(C3CCC3)CCN2)cc1. The second kappa shape index (κ2) is 5.78. The van der Waals surface area contributed by atoms with Crippen LogP contribution in [0.15, 0.2) is 24.3 Å². The second-order valence-electron chi connectivity index (χ2n) is 6.31. The summed E-state index contributed by atoms with van der Waals surface area (Å²) in [7, 11) is 1.39. The van der Waals surface area contributed by atoms with E-state index in [1.165, 1.54) is 13.5 Å². The highest BCUT2D eigenvalue weighted by Crippen LogP contribution is 2.44. The molecule has 3 rings (SSSR count). The molecule has 21 heavy (non-hydrogen) atoms. The van der Waals surface area contributed by atoms with Gasteiger partial charge in [0.25, 0.3) is 0 Å². The molecule has 1 saturated carbocycles. The number of aliphatic hydroxyl groups is 1. The Hall–Kier alpha value is -1.39. The highest BCUT2D eigenvalue weighted by Gasteiger charge is 2.43. The van der Waals surface area contributed by atoms with E-state index >= 15 is 0 Å². The van der Waals surface area contributed by atoms with Crippen LogP contribution in [0.25, 0.3) is 0 Å². The molecule has 1 heterocycles. The highest BCUT2D eigenvalue weighted by molar-refractivity contribution is 5.89. The number of ether oxygens (including phenoxy) is 1. The minimum absolute atomic E-state index is 0.163. The smallest absolute Gasteiger partial charge is 0.337 e. The zero-order valence-electron chi connectivity index (χ0n) is 12.5. The van der Waals surface area contributed by atoms with Crippen molar-refractivity contribution in [2.24, 2.45) is 5.92 Å². The summed E-state index contributed by atoms with van der Waals surface area (Å²) in [6.45, 7) is 0.844. The van der Waals surface area contributed by atoms with Crippen molar-refractivity contribution in [3.05, 3.63) is 35.4 Å². The molecule has 1 aliphatic heterocycles. The molecule has 0 amide bonds. The van der Waals surface area contributed by atoms with Crippen LogP contribution in [0.2, 0.25) is 0 Å². The van der Waals surface area contributed by atoms with Crippen LogP contribution in [0.4, 0.5) is 0 Å². The maximum Gasteiger partial charge on any atom is 0.337 e. The number of hydrogen-bond acceptors (Lipinski definition) is 4. The average molecular weight is 289 g/mol. The third-order valence-electron chi connectivity index (χ3n) is 5.11. The Balaban J connectivity index is 1.72. The largest absolute Gasteiger partial charge is 0.465 e. The van der Waals surface area contributed by atoms with Crippen LogP contribution in [0, 0.1) is 5.92 Å². The van der Waals surface area contributed by atoms with E-state index in [4.69, 9.17) is 4.74 Å². The standard InChI is InChI=1S/C17H23NO3/c1-21-16(19)13-7-5-12(6-8-13)15-11-17(20,9-10-18-15)14-3-2-4-14/h5-8,14-15,18,20H,2-4,9-11H2,1H3/t15-,17?/m0/s1. The Morgan fingerprint density at radius 1 is 1.33 bits per heavy atom. The van der Waals surface area contributed by atoms with Crippen LogP contribution in [-0.4, -0.2) is 30.3 Å². The molecule has 4 heteroatoms. The first-order valence-electron chi connectivity index (χ1n) is 7.76. The van der Waals surface area contributed by atoms with Gasteiger partial charge in [-0.2, -0.15) is 0 Å². The van der Waals surface area contributed by atoms with Gasteiger partial charge >= 0.3 is 5.97 Å². The topological polar surface area (TPSA) is 58.6 Å². The lowest BCUT2D eigenvalue weighted by Gasteiger charge is -2.46. The van der Waals surface area contributed by atoms with E-state index in [-0.39, 0.29) is 12.0 Å². The molecule has 0 radical (unpaired) electrons. The molecule has 114 valence electrons. The van der Waals surface area contributed by atoms with Gasteiger partial charge in [0.05, 0.1) is 18.3 Å². The van der Waals surface area contributed by atoms with Gasteiger partial charge in [-0.3, -0.25) is 0 Å². The summed E-state index contributed by atoms with van der Waals surface area (Å²) in [5.41, 5.74) is 1.17. The Morgan fingerprint density at radius 2 is 2.05 bits per heavy atom. The number of carbonyl (C=O) groups excluding carboxylic acids is 1. The Morgan fingerprint density at radius 3 is 2.62 bits per heavy atom. The van der Waals surface area contributed by atoms with E-state index < -0.39 is 5.60 Å². The van der Waals surface area contributed by atoms with Crippen molar-refractivity contribution in [1.82, 2.24) is 5.32 Å². The molecular weight excluding hydrogens is 266 g/mol. The van der Waals surface area contributed by atoms with Gasteiger partial charge in [-0.05, 0) is 55.8 Å². The quantitative estimate of drug-likeness (QED) is 0.839. The molecule has 4 nitrogen and oxygen atoms in total. The van der Waals surface area contributed by atoms with Crippen LogP contribution in [0.1, 0.15) is 54.1 Å². The summed E-state index contributed by atoms with van der Waals surface area (Å²) >= 11 is 0. The molecule has 0 aromatic heterocycles. The maximum absolute atomic E-state index is 11.5. The van der Waals surface area contributed by atoms with E-state index in [9.17, 15) is 9.90 Å². The lowest BCUT2D eigenvalue weighted by Crippen LogP contribution is -2.50. The summed E-state index contributed by atoms with van der Waals surface area (Å²) in [5, 5.41) is 14.4. The number of piperidine rings is 1. The average Bonchev–Trinajstić information content (AvgIpc) is 2.44. The van der Waals surface area contributed by atoms with Gasteiger partial charge in [0.2, 0.25) is 0 Å². The fourth-order valence-corrected chi connectivity index (χ4v) is 3.51. The fraction of sp³-hybridized carbons (Fsp3) is 0.588. The molecule has 0 bridgehead atoms. The van der Waals surface area contributed by atoms with Crippen molar-refractivity contribution >= 4 is 5.97 Å². The minimum Gasteiger partial charge on any atom is -0.465 e. The van der Waals surface area contributed by atoms with E-state index in [0.29, 0.717) is 11.5 Å². The second-order valence-corrected chi connectivity index (χ2v) is 6.31. The van der Waals surface area contributed by atoms with E-state index in [1.54, 1.807) is 12.1 Å². The van der Waals surface area contributed by atoms with Crippen molar-refractivity contribution in [2.45, 2.75) is 43.7 Å². The third kappa shape index (κ3) is 2.83. The minimum atomic E-state index is -0.519. The zero-order valence-corrected chi connectivity index (χ0v) is 12.5. The molecular formula is C17H23NO3. The van der Waals surface area contributed by atoms with Crippen molar-refractivity contribution in [3.8, 4) is 0 Å². The molecule has 1 unspecified atom stereocenters. The Bertz CT molecular complexity index is 509. The predicted molar refractivity (Wildman–Crippen MR) is 80.1 cm³/mol. The lowest BCUT2D eigenvalue weighted by molar-refractivity contribution is -0.0819. The van der Waals surface area contributed by atoms with Crippen molar-refractivity contribution < 1.29 is 14.6 Å². The molecule has 1 aromatic carbocycles. The van der Waals surface area contributed by atoms with Crippen LogP contribution in [0.3, 0.4) is 0 Å². The molecule has 1 saturated heterocycles. The van der Waals surface area contributed by atoms with Gasteiger partial charge in [-0.1, -0.05) is 18.6 Å². The van der Waals surface area contributed by atoms with Gasteiger partial charge < -0.3 is 15.2 Å². The molecule has 2 fully saturated rings. The maximum atomic E-state index is 11.5. The van der Waals surface area contributed by atoms with Gasteiger partial charge in [0, 0.05) is 6.04 Å². The molecule has 2 aliphatic rings. The van der Waals surface area contributed by atoms with Crippen LogP contribution in [0.5, 0.6) is 0 Å². The summed E-state index contributed by atoms with van der Waals surface area (Å²) in [5.74, 6) is 0.153. The number of carbonyl (C=O) groups is 1. The zero-order chi connectivity index (χ0) is 14.9. The van der Waals surface area contributed by atoms with Crippen molar-refractivity contribution in [3.63, 3.8) is 0 Å². The first kappa shape index (κ1) is 14.5. The summed E-state index contributed by atoms with van der Waals surface area (Å²) < 4.78 is 4.71. The van der Waals surface area contributed by atoms with Crippen LogP contribution < -0.4 is 5.32 Å². The lowest BCUT2D eigenvalue weighted by atomic mass is 9.67. The fourth-order valence-electron chi connectivity index (χ4n) is 3.51. The molecule has 1 aliphatic carbocycles. The van der Waals surface area contributed by atoms with Gasteiger partial charge in [0.15, 0.2) is 0 Å². The van der Waals surface area contributed by atoms with Gasteiger partial charge in [-0.25, -0.2) is 4.79 Å². The number of hydrogen-bond donors (Lipinski definition) is 2. The van der Waals surface area contributed by atoms with E-state index in [1.807, 2.05) is 12.1 Å². The third-order valence-corrected chi connectivity index (χ3v) is 5.11. The van der Waals surface area contributed by atoms with Crippen LogP contribution in [-0.2, 0) is 4.74 Å². The summed E-state index contributed by atoms with van der Waals surface area (Å²) in [6, 6.07) is 7.66. The number of nitrogens with one attached hydrogen (secondary N) is 1. The van der Waals surface area contributed by atoms with E-state index in [2.05, 4.69) is 5.32 Å². The van der Waals surface area contributed by atoms with Gasteiger partial charge in [0.1, 0.15) is 0 Å². The van der Waals surface area contributed by atoms with Crippen LogP contribution >= 0.6 is 0 Å². The Labute approximate surface area is 125 Å². The summed E-state index contributed by atoms with van der Waals surface area (Å²) in [6.07, 6.45) is 5.16. The molecule has 2 atom stereocenters. The first-order valence-corrected chi connectivity index (χ1v) is 7.76. The van der Waals surface area contributed by atoms with E-state index in [0.717, 1.165) is 37.8 Å². The highest BCUT2D eigenvalue weighted by atomic mass is 16.5. The van der Waals surface area contributed by atoms with Gasteiger partial charge in [-0.15, -0.1) is 0 Å². The molecule has 0 spiro atoms.